The van der Waals surface area contributed by atoms with E-state index in [0.717, 1.165) is 16.5 Å². The van der Waals surface area contributed by atoms with Gasteiger partial charge in [-0.1, -0.05) is 30.3 Å². The lowest BCUT2D eigenvalue weighted by Crippen LogP contribution is -2.12. The van der Waals surface area contributed by atoms with Crippen molar-refractivity contribution in [2.45, 2.75) is 6.29 Å². The van der Waals surface area contributed by atoms with E-state index in [-0.39, 0.29) is 5.56 Å². The fourth-order valence-electron chi connectivity index (χ4n) is 3.24. The number of hydrogen-bond acceptors (Lipinski definition) is 5. The number of nitrogens with zero attached hydrogens (tertiary/aromatic N) is 2. The summed E-state index contributed by atoms with van der Waals surface area (Å²) in [6, 6.07) is 17.0. The van der Waals surface area contributed by atoms with E-state index in [2.05, 4.69) is 9.97 Å². The zero-order valence-electron chi connectivity index (χ0n) is 13.8. The SMILES string of the molecule is O=c1[nH]c(-c2nc3ccccc3cc2C2OCCO2)nc2ccccc12. The summed E-state index contributed by atoms with van der Waals surface area (Å²) in [6.07, 6.45) is -0.515. The van der Waals surface area contributed by atoms with Gasteiger partial charge in [0.05, 0.1) is 29.6 Å². The Hall–Kier alpha value is -3.09. The fraction of sp³-hybridized carbons (Fsp3) is 0.150. The van der Waals surface area contributed by atoms with Crippen molar-refractivity contribution in [3.8, 4) is 11.5 Å². The van der Waals surface area contributed by atoms with Crippen LogP contribution < -0.4 is 5.56 Å². The lowest BCUT2D eigenvalue weighted by Gasteiger charge is -2.15. The van der Waals surface area contributed by atoms with E-state index in [1.807, 2.05) is 48.5 Å². The van der Waals surface area contributed by atoms with E-state index in [4.69, 9.17) is 14.5 Å². The molecule has 128 valence electrons. The molecule has 0 aliphatic carbocycles. The van der Waals surface area contributed by atoms with E-state index in [1.165, 1.54) is 0 Å². The first kappa shape index (κ1) is 15.2. The average molecular weight is 345 g/mol. The number of hydrogen-bond donors (Lipinski definition) is 1. The van der Waals surface area contributed by atoms with Crippen LogP contribution in [-0.4, -0.2) is 28.2 Å². The molecule has 0 radical (unpaired) electrons. The predicted molar refractivity (Wildman–Crippen MR) is 97.7 cm³/mol. The number of aromatic nitrogens is 3. The van der Waals surface area contributed by atoms with Crippen molar-refractivity contribution in [1.29, 1.82) is 0 Å². The highest BCUT2D eigenvalue weighted by molar-refractivity contribution is 5.84. The maximum Gasteiger partial charge on any atom is 0.259 e. The zero-order chi connectivity index (χ0) is 17.5. The maximum atomic E-state index is 12.5. The van der Waals surface area contributed by atoms with Crippen molar-refractivity contribution in [3.05, 3.63) is 70.5 Å². The molecule has 4 aromatic rings. The molecule has 2 aromatic heterocycles. The second-order valence-corrected chi connectivity index (χ2v) is 6.12. The molecule has 6 nitrogen and oxygen atoms in total. The van der Waals surface area contributed by atoms with E-state index in [1.54, 1.807) is 6.07 Å². The monoisotopic (exact) mass is 345 g/mol. The van der Waals surface area contributed by atoms with Gasteiger partial charge in [-0.3, -0.25) is 4.79 Å². The van der Waals surface area contributed by atoms with Crippen LogP contribution >= 0.6 is 0 Å². The molecule has 0 saturated carbocycles. The van der Waals surface area contributed by atoms with Crippen LogP contribution in [0, 0.1) is 0 Å². The second kappa shape index (κ2) is 6.01. The highest BCUT2D eigenvalue weighted by Gasteiger charge is 2.25. The lowest BCUT2D eigenvalue weighted by atomic mass is 10.1. The average Bonchev–Trinajstić information content (AvgIpc) is 3.21. The van der Waals surface area contributed by atoms with Crippen LogP contribution in [0.15, 0.2) is 59.4 Å². The minimum Gasteiger partial charge on any atom is -0.346 e. The number of aromatic amines is 1. The van der Waals surface area contributed by atoms with Crippen molar-refractivity contribution >= 4 is 21.8 Å². The molecule has 3 heterocycles. The van der Waals surface area contributed by atoms with Gasteiger partial charge in [0, 0.05) is 10.9 Å². The normalized spacial score (nSPS) is 15.1. The highest BCUT2D eigenvalue weighted by Crippen LogP contribution is 2.32. The number of nitrogens with one attached hydrogen (secondary N) is 1. The molecule has 1 aliphatic heterocycles. The van der Waals surface area contributed by atoms with Crippen LogP contribution in [0.5, 0.6) is 0 Å². The molecule has 0 unspecified atom stereocenters. The summed E-state index contributed by atoms with van der Waals surface area (Å²) >= 11 is 0. The van der Waals surface area contributed by atoms with Gasteiger partial charge < -0.3 is 14.5 Å². The minimum absolute atomic E-state index is 0.195. The Bertz CT molecular complexity index is 1180. The Morgan fingerprint density at radius 2 is 1.65 bits per heavy atom. The molecule has 5 rings (SSSR count). The van der Waals surface area contributed by atoms with Gasteiger partial charge in [-0.2, -0.15) is 0 Å². The van der Waals surface area contributed by atoms with Gasteiger partial charge in [0.15, 0.2) is 12.1 Å². The summed E-state index contributed by atoms with van der Waals surface area (Å²) < 4.78 is 11.4. The molecule has 0 spiro atoms. The highest BCUT2D eigenvalue weighted by atomic mass is 16.7. The van der Waals surface area contributed by atoms with Crippen molar-refractivity contribution in [1.82, 2.24) is 15.0 Å². The smallest absolute Gasteiger partial charge is 0.259 e. The summed E-state index contributed by atoms with van der Waals surface area (Å²) in [5, 5.41) is 1.53. The standard InChI is InChI=1S/C20H15N3O3/c24-19-13-6-2-4-8-16(13)22-18(23-19)17-14(20-25-9-10-26-20)11-12-5-1-3-7-15(12)21-17/h1-8,11,20H,9-10H2,(H,22,23,24). The summed E-state index contributed by atoms with van der Waals surface area (Å²) in [7, 11) is 0. The Labute approximate surface area is 148 Å². The summed E-state index contributed by atoms with van der Waals surface area (Å²) in [6.45, 7) is 1.05. The number of rotatable bonds is 2. The third-order valence-corrected chi connectivity index (χ3v) is 4.47. The van der Waals surface area contributed by atoms with Crippen molar-refractivity contribution < 1.29 is 9.47 Å². The molecule has 1 aliphatic rings. The minimum atomic E-state index is -0.515. The number of benzene rings is 2. The maximum absolute atomic E-state index is 12.5. The zero-order valence-corrected chi connectivity index (χ0v) is 13.8. The molecular formula is C20H15N3O3. The van der Waals surface area contributed by atoms with E-state index in [9.17, 15) is 4.79 Å². The first-order valence-electron chi connectivity index (χ1n) is 8.42. The Morgan fingerprint density at radius 1 is 0.923 bits per heavy atom. The molecule has 1 fully saturated rings. The van der Waals surface area contributed by atoms with E-state index < -0.39 is 6.29 Å². The number of ether oxygens (including phenoxy) is 2. The Balaban J connectivity index is 1.79. The van der Waals surface area contributed by atoms with Gasteiger partial charge in [0.25, 0.3) is 5.56 Å². The Morgan fingerprint density at radius 3 is 2.50 bits per heavy atom. The molecule has 0 atom stereocenters. The molecule has 0 amide bonds. The lowest BCUT2D eigenvalue weighted by molar-refractivity contribution is -0.0438. The molecule has 1 saturated heterocycles. The van der Waals surface area contributed by atoms with Crippen molar-refractivity contribution in [2.24, 2.45) is 0 Å². The third-order valence-electron chi connectivity index (χ3n) is 4.47. The second-order valence-electron chi connectivity index (χ2n) is 6.12. The largest absolute Gasteiger partial charge is 0.346 e. The van der Waals surface area contributed by atoms with Crippen molar-refractivity contribution in [2.75, 3.05) is 13.2 Å². The Kier molecular flexibility index (Phi) is 3.51. The molecule has 1 N–H and O–H groups in total. The quantitative estimate of drug-likeness (QED) is 0.604. The number of pyridine rings is 1. The summed E-state index contributed by atoms with van der Waals surface area (Å²) in [5.41, 5.74) is 2.58. The van der Waals surface area contributed by atoms with Gasteiger partial charge in [0.2, 0.25) is 0 Å². The fourth-order valence-corrected chi connectivity index (χ4v) is 3.24. The van der Waals surface area contributed by atoms with Crippen LogP contribution in [0.2, 0.25) is 0 Å². The first-order valence-corrected chi connectivity index (χ1v) is 8.42. The van der Waals surface area contributed by atoms with Gasteiger partial charge in [-0.15, -0.1) is 0 Å². The van der Waals surface area contributed by atoms with Crippen LogP contribution in [0.1, 0.15) is 11.9 Å². The van der Waals surface area contributed by atoms with Gasteiger partial charge >= 0.3 is 0 Å². The van der Waals surface area contributed by atoms with Crippen LogP contribution in [-0.2, 0) is 9.47 Å². The van der Waals surface area contributed by atoms with Crippen molar-refractivity contribution in [3.63, 3.8) is 0 Å². The van der Waals surface area contributed by atoms with Gasteiger partial charge in [-0.05, 0) is 24.3 Å². The van der Waals surface area contributed by atoms with Gasteiger partial charge in [0.1, 0.15) is 5.69 Å². The van der Waals surface area contributed by atoms with Crippen LogP contribution in [0.25, 0.3) is 33.3 Å². The number of H-pyrrole nitrogens is 1. The molecule has 0 bridgehead atoms. The first-order chi connectivity index (χ1) is 12.8. The molecule has 2 aromatic carbocycles. The summed E-state index contributed by atoms with van der Waals surface area (Å²) in [4.78, 5) is 24.7. The predicted octanol–water partition coefficient (Wildman–Crippen LogP) is 3.18. The third kappa shape index (κ3) is 2.47. The molecular weight excluding hydrogens is 330 g/mol. The topological polar surface area (TPSA) is 77.1 Å². The van der Waals surface area contributed by atoms with Gasteiger partial charge in [-0.25, -0.2) is 9.97 Å². The van der Waals surface area contributed by atoms with E-state index >= 15 is 0 Å². The molecule has 26 heavy (non-hydrogen) atoms. The number of para-hydroxylation sites is 2. The van der Waals surface area contributed by atoms with Crippen LogP contribution in [0.4, 0.5) is 0 Å². The van der Waals surface area contributed by atoms with Crippen LogP contribution in [0.3, 0.4) is 0 Å². The number of fused-ring (bicyclic) bond motifs is 2. The molecule has 6 heteroatoms. The van der Waals surface area contributed by atoms with E-state index in [0.29, 0.717) is 35.6 Å². The summed E-state index contributed by atoms with van der Waals surface area (Å²) in [5.74, 6) is 0.411.